The predicted molar refractivity (Wildman–Crippen MR) is 128 cm³/mol. The van der Waals surface area contributed by atoms with Crippen LogP contribution in [0.2, 0.25) is 0 Å². The van der Waals surface area contributed by atoms with Crippen molar-refractivity contribution in [1.29, 1.82) is 0 Å². The molecule has 2 aromatic carbocycles. The Kier molecular flexibility index (Phi) is 6.10. The molecule has 3 aliphatic rings. The fourth-order valence-corrected chi connectivity index (χ4v) is 6.71. The third-order valence-electron chi connectivity index (χ3n) is 7.17. The number of fused-ring (bicyclic) bond motifs is 2. The molecule has 1 N–H and O–H groups in total. The van der Waals surface area contributed by atoms with Crippen molar-refractivity contribution in [1.82, 2.24) is 19.4 Å². The molecule has 1 aliphatic carbocycles. The Labute approximate surface area is 204 Å². The van der Waals surface area contributed by atoms with Crippen LogP contribution in [0.15, 0.2) is 59.5 Å². The standard InChI is InChI=1S/C25H28N4O5S/c30-22(27-14-16-28(17-15-27)35(33,34)20-10-2-1-3-11-20)18-29-23(31)25(26-24(29)32)13-7-6-9-19-8-4-5-12-21(19)25/h1-5,8,10-12H,6-7,9,13-18H2,(H,26,32). The van der Waals surface area contributed by atoms with Gasteiger partial charge in [-0.25, -0.2) is 13.2 Å². The molecule has 0 bridgehead atoms. The molecule has 1 atom stereocenters. The lowest BCUT2D eigenvalue weighted by Gasteiger charge is -2.34. The van der Waals surface area contributed by atoms with Gasteiger partial charge in [0.1, 0.15) is 12.1 Å². The van der Waals surface area contributed by atoms with Crippen LogP contribution in [0.1, 0.15) is 30.4 Å². The van der Waals surface area contributed by atoms with E-state index in [1.54, 1.807) is 30.3 Å². The summed E-state index contributed by atoms with van der Waals surface area (Å²) in [5, 5.41) is 2.90. The third-order valence-corrected chi connectivity index (χ3v) is 9.08. The maximum Gasteiger partial charge on any atom is 0.325 e. The number of urea groups is 1. The summed E-state index contributed by atoms with van der Waals surface area (Å²) >= 11 is 0. The van der Waals surface area contributed by atoms with Crippen molar-refractivity contribution in [2.24, 2.45) is 0 Å². The van der Waals surface area contributed by atoms with Gasteiger partial charge in [-0.15, -0.1) is 0 Å². The van der Waals surface area contributed by atoms with Gasteiger partial charge in [0.25, 0.3) is 5.91 Å². The summed E-state index contributed by atoms with van der Waals surface area (Å²) in [6.45, 7) is 0.339. The number of aryl methyl sites for hydroxylation is 1. The molecule has 2 heterocycles. The van der Waals surface area contributed by atoms with E-state index in [2.05, 4.69) is 5.32 Å². The Hall–Kier alpha value is -3.24. The molecule has 4 amide bonds. The minimum atomic E-state index is -3.63. The fraction of sp³-hybridized carbons (Fsp3) is 0.400. The number of piperazine rings is 1. The van der Waals surface area contributed by atoms with Gasteiger partial charge in [0.2, 0.25) is 15.9 Å². The van der Waals surface area contributed by atoms with Crippen LogP contribution < -0.4 is 5.32 Å². The number of carbonyl (C=O) groups excluding carboxylic acids is 3. The summed E-state index contributed by atoms with van der Waals surface area (Å²) < 4.78 is 27.0. The number of imide groups is 1. The normalized spacial score (nSPS) is 23.2. The van der Waals surface area contributed by atoms with E-state index in [0.717, 1.165) is 35.3 Å². The minimum Gasteiger partial charge on any atom is -0.338 e. The van der Waals surface area contributed by atoms with Crippen molar-refractivity contribution >= 4 is 27.9 Å². The second-order valence-corrected chi connectivity index (χ2v) is 11.1. The van der Waals surface area contributed by atoms with E-state index in [1.165, 1.54) is 9.21 Å². The molecule has 1 unspecified atom stereocenters. The highest BCUT2D eigenvalue weighted by molar-refractivity contribution is 7.89. The fourth-order valence-electron chi connectivity index (χ4n) is 5.27. The van der Waals surface area contributed by atoms with Crippen molar-refractivity contribution in [3.05, 3.63) is 65.7 Å². The summed E-state index contributed by atoms with van der Waals surface area (Å²) in [7, 11) is -3.63. The third kappa shape index (κ3) is 4.10. The lowest BCUT2D eigenvalue weighted by atomic mass is 9.84. The Morgan fingerprint density at radius 2 is 1.60 bits per heavy atom. The molecule has 1 spiro atoms. The average Bonchev–Trinajstić information content (AvgIpc) is 3.01. The SMILES string of the molecule is O=C(CN1C(=O)NC2(CCCCc3ccccc32)C1=O)N1CCN(S(=O)(=O)c2ccccc2)CC1. The van der Waals surface area contributed by atoms with Crippen LogP contribution in [-0.4, -0.2) is 73.1 Å². The molecule has 184 valence electrons. The second-order valence-electron chi connectivity index (χ2n) is 9.19. The minimum absolute atomic E-state index is 0.153. The van der Waals surface area contributed by atoms with Crippen molar-refractivity contribution in [2.45, 2.75) is 36.1 Å². The van der Waals surface area contributed by atoms with Gasteiger partial charge in [0.15, 0.2) is 0 Å². The Morgan fingerprint density at radius 3 is 2.34 bits per heavy atom. The first-order chi connectivity index (χ1) is 16.8. The first-order valence-electron chi connectivity index (χ1n) is 11.9. The molecule has 35 heavy (non-hydrogen) atoms. The Morgan fingerprint density at radius 1 is 0.914 bits per heavy atom. The van der Waals surface area contributed by atoms with Gasteiger partial charge < -0.3 is 10.2 Å². The van der Waals surface area contributed by atoms with Gasteiger partial charge in [-0.05, 0) is 48.9 Å². The van der Waals surface area contributed by atoms with E-state index in [-0.39, 0.29) is 43.5 Å². The van der Waals surface area contributed by atoms with E-state index in [9.17, 15) is 22.8 Å². The highest BCUT2D eigenvalue weighted by atomic mass is 32.2. The van der Waals surface area contributed by atoms with Crippen molar-refractivity contribution < 1.29 is 22.8 Å². The summed E-state index contributed by atoms with van der Waals surface area (Å²) in [6.07, 6.45) is 3.06. The zero-order valence-corrected chi connectivity index (χ0v) is 20.2. The molecule has 2 aromatic rings. The van der Waals surface area contributed by atoms with Crippen LogP contribution >= 0.6 is 0 Å². The number of hydrogen-bond acceptors (Lipinski definition) is 5. The quantitative estimate of drug-likeness (QED) is 0.649. The molecule has 2 aliphatic heterocycles. The van der Waals surface area contributed by atoms with Crippen LogP contribution in [0.25, 0.3) is 0 Å². The summed E-state index contributed by atoms with van der Waals surface area (Å²) in [5.41, 5.74) is 0.723. The first-order valence-corrected chi connectivity index (χ1v) is 13.3. The zero-order valence-electron chi connectivity index (χ0n) is 19.4. The number of amides is 4. The van der Waals surface area contributed by atoms with Crippen molar-refractivity contribution in [3.63, 3.8) is 0 Å². The molecular weight excluding hydrogens is 468 g/mol. The number of sulfonamides is 1. The number of benzene rings is 2. The number of nitrogens with one attached hydrogen (secondary N) is 1. The van der Waals surface area contributed by atoms with Gasteiger partial charge in [0, 0.05) is 26.2 Å². The van der Waals surface area contributed by atoms with E-state index in [0.29, 0.717) is 6.42 Å². The van der Waals surface area contributed by atoms with Crippen LogP contribution in [-0.2, 0) is 31.6 Å². The maximum absolute atomic E-state index is 13.6. The number of hydrogen-bond donors (Lipinski definition) is 1. The predicted octanol–water partition coefficient (Wildman–Crippen LogP) is 1.69. The molecule has 10 heteroatoms. The smallest absolute Gasteiger partial charge is 0.325 e. The topological polar surface area (TPSA) is 107 Å². The van der Waals surface area contributed by atoms with Crippen LogP contribution in [0.4, 0.5) is 4.79 Å². The molecule has 5 rings (SSSR count). The molecule has 0 saturated carbocycles. The highest BCUT2D eigenvalue weighted by Crippen LogP contribution is 2.39. The molecule has 2 saturated heterocycles. The lowest BCUT2D eigenvalue weighted by molar-refractivity contribution is -0.140. The van der Waals surface area contributed by atoms with Crippen molar-refractivity contribution in [3.8, 4) is 0 Å². The molecule has 2 fully saturated rings. The van der Waals surface area contributed by atoms with Gasteiger partial charge in [-0.3, -0.25) is 14.5 Å². The summed E-state index contributed by atoms with van der Waals surface area (Å²) in [5.74, 6) is -0.764. The second kappa shape index (κ2) is 9.09. The largest absolute Gasteiger partial charge is 0.338 e. The zero-order chi connectivity index (χ0) is 24.6. The van der Waals surface area contributed by atoms with Crippen LogP contribution in [0, 0.1) is 0 Å². The molecular formula is C25H28N4O5S. The Balaban J connectivity index is 1.27. The number of rotatable bonds is 4. The van der Waals surface area contributed by atoms with Gasteiger partial charge >= 0.3 is 6.03 Å². The van der Waals surface area contributed by atoms with Gasteiger partial charge in [0.05, 0.1) is 4.90 Å². The number of carbonyl (C=O) groups is 3. The van der Waals surface area contributed by atoms with Crippen LogP contribution in [0.3, 0.4) is 0 Å². The van der Waals surface area contributed by atoms with Gasteiger partial charge in [-0.1, -0.05) is 42.5 Å². The molecule has 9 nitrogen and oxygen atoms in total. The van der Waals surface area contributed by atoms with E-state index in [4.69, 9.17) is 0 Å². The number of nitrogens with zero attached hydrogens (tertiary/aromatic N) is 3. The van der Waals surface area contributed by atoms with E-state index in [1.807, 2.05) is 24.3 Å². The summed E-state index contributed by atoms with van der Waals surface area (Å²) in [4.78, 5) is 42.2. The first kappa shape index (κ1) is 23.5. The highest BCUT2D eigenvalue weighted by Gasteiger charge is 2.53. The van der Waals surface area contributed by atoms with Crippen LogP contribution in [0.5, 0.6) is 0 Å². The summed E-state index contributed by atoms with van der Waals surface area (Å²) in [6, 6.07) is 15.3. The van der Waals surface area contributed by atoms with E-state index < -0.39 is 27.5 Å². The van der Waals surface area contributed by atoms with E-state index >= 15 is 0 Å². The average molecular weight is 497 g/mol. The molecule has 0 aromatic heterocycles. The molecule has 0 radical (unpaired) electrons. The monoisotopic (exact) mass is 496 g/mol. The maximum atomic E-state index is 13.6. The Bertz CT molecular complexity index is 1260. The lowest BCUT2D eigenvalue weighted by Crippen LogP contribution is -2.53. The van der Waals surface area contributed by atoms with Gasteiger partial charge in [-0.2, -0.15) is 4.31 Å². The van der Waals surface area contributed by atoms with Crippen molar-refractivity contribution in [2.75, 3.05) is 32.7 Å².